The van der Waals surface area contributed by atoms with E-state index in [4.69, 9.17) is 16.3 Å². The van der Waals surface area contributed by atoms with E-state index in [0.29, 0.717) is 23.1 Å². The largest absolute Gasteiger partial charge is 0.479 e. The van der Waals surface area contributed by atoms with Gasteiger partial charge in [0.15, 0.2) is 11.7 Å². The number of ether oxygens (including phenoxy) is 1. The smallest absolute Gasteiger partial charge is 0.191 e. The average molecular weight is 268 g/mol. The zero-order valence-corrected chi connectivity index (χ0v) is 11.5. The molecule has 0 aliphatic carbocycles. The molecule has 1 N–H and O–H groups in total. The molecule has 1 aromatic rings. The summed E-state index contributed by atoms with van der Waals surface area (Å²) in [4.78, 5) is 12.0. The van der Waals surface area contributed by atoms with Gasteiger partial charge in [-0.05, 0) is 37.6 Å². The first-order valence-electron chi connectivity index (χ1n) is 6.05. The lowest BCUT2D eigenvalue weighted by molar-refractivity contribution is 0.103. The second-order valence-electron chi connectivity index (χ2n) is 3.74. The molecule has 3 nitrogen and oxygen atoms in total. The summed E-state index contributed by atoms with van der Waals surface area (Å²) < 4.78 is 5.36. The van der Waals surface area contributed by atoms with Gasteiger partial charge in [-0.25, -0.2) is 0 Å². The molecule has 1 aromatic carbocycles. The Bertz CT molecular complexity index is 412. The van der Waals surface area contributed by atoms with E-state index in [1.807, 2.05) is 6.92 Å². The Hall–Kier alpha value is -1.48. The zero-order chi connectivity index (χ0) is 13.4. The summed E-state index contributed by atoms with van der Waals surface area (Å²) in [5.74, 6) is 0.415. The number of rotatable bonds is 7. The first-order chi connectivity index (χ1) is 8.67. The maximum absolute atomic E-state index is 12.0. The average Bonchev–Trinajstić information content (AvgIpc) is 2.37. The van der Waals surface area contributed by atoms with Crippen LogP contribution in [0.25, 0.3) is 0 Å². The number of benzene rings is 1. The van der Waals surface area contributed by atoms with Crippen LogP contribution in [0.15, 0.2) is 36.2 Å². The standard InChI is InChI=1S/C14H18ClNO2/c1-3-9-16-14(18-4-2)10-13(17)11-5-7-12(15)8-6-11/h5-8,10,16H,3-4,9H2,1-2H3/b14-10-. The van der Waals surface area contributed by atoms with Gasteiger partial charge in [0.1, 0.15) is 0 Å². The Morgan fingerprint density at radius 3 is 2.56 bits per heavy atom. The molecule has 0 bridgehead atoms. The summed E-state index contributed by atoms with van der Waals surface area (Å²) in [5.41, 5.74) is 0.593. The topological polar surface area (TPSA) is 38.3 Å². The third kappa shape index (κ3) is 4.80. The number of hydrogen-bond acceptors (Lipinski definition) is 3. The van der Waals surface area contributed by atoms with Crippen LogP contribution in [0.4, 0.5) is 0 Å². The molecule has 0 amide bonds. The van der Waals surface area contributed by atoms with E-state index in [2.05, 4.69) is 12.2 Å². The van der Waals surface area contributed by atoms with Crippen LogP contribution >= 0.6 is 11.6 Å². The summed E-state index contributed by atoms with van der Waals surface area (Å²) in [5, 5.41) is 3.69. The molecule has 18 heavy (non-hydrogen) atoms. The van der Waals surface area contributed by atoms with Gasteiger partial charge in [0, 0.05) is 23.2 Å². The number of hydrogen-bond donors (Lipinski definition) is 1. The number of allylic oxidation sites excluding steroid dienone is 1. The number of nitrogens with one attached hydrogen (secondary N) is 1. The van der Waals surface area contributed by atoms with Gasteiger partial charge in [-0.2, -0.15) is 0 Å². The van der Waals surface area contributed by atoms with Crippen molar-refractivity contribution < 1.29 is 9.53 Å². The first-order valence-corrected chi connectivity index (χ1v) is 6.43. The second-order valence-corrected chi connectivity index (χ2v) is 4.18. The fraction of sp³-hybridized carbons (Fsp3) is 0.357. The van der Waals surface area contributed by atoms with Crippen molar-refractivity contribution in [2.75, 3.05) is 13.2 Å². The van der Waals surface area contributed by atoms with E-state index in [1.54, 1.807) is 24.3 Å². The number of carbonyl (C=O) groups excluding carboxylic acids is 1. The van der Waals surface area contributed by atoms with Gasteiger partial charge in [-0.3, -0.25) is 4.79 Å². The maximum atomic E-state index is 12.0. The molecule has 0 heterocycles. The van der Waals surface area contributed by atoms with Crippen molar-refractivity contribution in [2.45, 2.75) is 20.3 Å². The van der Waals surface area contributed by atoms with Crippen molar-refractivity contribution in [1.29, 1.82) is 0 Å². The predicted octanol–water partition coefficient (Wildman–Crippen LogP) is 3.40. The molecule has 4 heteroatoms. The van der Waals surface area contributed by atoms with Crippen LogP contribution in [0.5, 0.6) is 0 Å². The van der Waals surface area contributed by atoms with Gasteiger partial charge in [0.25, 0.3) is 0 Å². The van der Waals surface area contributed by atoms with E-state index >= 15 is 0 Å². The fourth-order valence-electron chi connectivity index (χ4n) is 1.36. The quantitative estimate of drug-likeness (QED) is 0.467. The normalized spacial score (nSPS) is 11.2. The van der Waals surface area contributed by atoms with Crippen molar-refractivity contribution in [2.24, 2.45) is 0 Å². The van der Waals surface area contributed by atoms with Crippen LogP contribution in [0.1, 0.15) is 30.6 Å². The molecular weight excluding hydrogens is 250 g/mol. The minimum absolute atomic E-state index is 0.0984. The minimum atomic E-state index is -0.0984. The van der Waals surface area contributed by atoms with Crippen LogP contribution in [-0.2, 0) is 4.74 Å². The van der Waals surface area contributed by atoms with Crippen LogP contribution in [0, 0.1) is 0 Å². The predicted molar refractivity (Wildman–Crippen MR) is 73.8 cm³/mol. The lowest BCUT2D eigenvalue weighted by Crippen LogP contribution is -2.18. The summed E-state index contributed by atoms with van der Waals surface area (Å²) in [6.07, 6.45) is 2.45. The Labute approximate surface area is 113 Å². The van der Waals surface area contributed by atoms with E-state index in [-0.39, 0.29) is 5.78 Å². The Balaban J connectivity index is 2.76. The van der Waals surface area contributed by atoms with Crippen molar-refractivity contribution in [3.63, 3.8) is 0 Å². The Kier molecular flexibility index (Phi) is 6.29. The highest BCUT2D eigenvalue weighted by Crippen LogP contribution is 2.11. The summed E-state index contributed by atoms with van der Waals surface area (Å²) >= 11 is 5.78. The second kappa shape index (κ2) is 7.77. The molecule has 0 aliphatic rings. The van der Waals surface area contributed by atoms with E-state index in [0.717, 1.165) is 13.0 Å². The lowest BCUT2D eigenvalue weighted by Gasteiger charge is -2.10. The van der Waals surface area contributed by atoms with Crippen molar-refractivity contribution in [3.8, 4) is 0 Å². The van der Waals surface area contributed by atoms with E-state index in [1.165, 1.54) is 6.08 Å². The molecule has 0 unspecified atom stereocenters. The van der Waals surface area contributed by atoms with Gasteiger partial charge >= 0.3 is 0 Å². The van der Waals surface area contributed by atoms with Crippen molar-refractivity contribution >= 4 is 17.4 Å². The molecule has 0 radical (unpaired) electrons. The third-order valence-electron chi connectivity index (χ3n) is 2.24. The third-order valence-corrected chi connectivity index (χ3v) is 2.49. The van der Waals surface area contributed by atoms with Gasteiger partial charge in [-0.1, -0.05) is 18.5 Å². The highest BCUT2D eigenvalue weighted by atomic mass is 35.5. The fourth-order valence-corrected chi connectivity index (χ4v) is 1.49. The molecule has 98 valence electrons. The number of carbonyl (C=O) groups is 1. The van der Waals surface area contributed by atoms with Gasteiger partial charge in [-0.15, -0.1) is 0 Å². The monoisotopic (exact) mass is 267 g/mol. The van der Waals surface area contributed by atoms with Crippen LogP contribution in [0.3, 0.4) is 0 Å². The summed E-state index contributed by atoms with van der Waals surface area (Å²) in [6.45, 7) is 5.24. The van der Waals surface area contributed by atoms with E-state index < -0.39 is 0 Å². The highest BCUT2D eigenvalue weighted by Gasteiger charge is 2.05. The summed E-state index contributed by atoms with van der Waals surface area (Å²) in [7, 11) is 0. The lowest BCUT2D eigenvalue weighted by atomic mass is 10.1. The van der Waals surface area contributed by atoms with Gasteiger partial charge in [0.05, 0.1) is 6.61 Å². The maximum Gasteiger partial charge on any atom is 0.191 e. The van der Waals surface area contributed by atoms with E-state index in [9.17, 15) is 4.79 Å². The first kappa shape index (κ1) is 14.6. The molecule has 0 saturated carbocycles. The SMILES string of the molecule is CCCN/C(=C/C(=O)c1ccc(Cl)cc1)OCC. The zero-order valence-electron chi connectivity index (χ0n) is 10.7. The van der Waals surface area contributed by atoms with Crippen LogP contribution < -0.4 is 5.32 Å². The molecule has 1 rings (SSSR count). The summed E-state index contributed by atoms with van der Waals surface area (Å²) in [6, 6.07) is 6.79. The van der Waals surface area contributed by atoms with Crippen LogP contribution in [-0.4, -0.2) is 18.9 Å². The Morgan fingerprint density at radius 1 is 1.33 bits per heavy atom. The molecule has 0 aliphatic heterocycles. The minimum Gasteiger partial charge on any atom is -0.479 e. The molecule has 0 spiro atoms. The number of ketones is 1. The van der Waals surface area contributed by atoms with Crippen LogP contribution in [0.2, 0.25) is 5.02 Å². The Morgan fingerprint density at radius 2 is 2.00 bits per heavy atom. The van der Waals surface area contributed by atoms with Gasteiger partial charge < -0.3 is 10.1 Å². The van der Waals surface area contributed by atoms with Gasteiger partial charge in [0.2, 0.25) is 0 Å². The molecule has 0 atom stereocenters. The van der Waals surface area contributed by atoms with Crippen molar-refractivity contribution in [1.82, 2.24) is 5.32 Å². The number of halogens is 1. The van der Waals surface area contributed by atoms with Crippen molar-refractivity contribution in [3.05, 3.63) is 46.8 Å². The molecular formula is C14H18ClNO2. The molecule has 0 aromatic heterocycles. The highest BCUT2D eigenvalue weighted by molar-refractivity contribution is 6.30. The molecule has 0 saturated heterocycles. The molecule has 0 fully saturated rings.